The molecule has 3 aromatic rings. The van der Waals surface area contributed by atoms with Crippen molar-refractivity contribution in [3.8, 4) is 6.07 Å². The molecule has 1 atom stereocenters. The predicted octanol–water partition coefficient (Wildman–Crippen LogP) is 3.31. The second kappa shape index (κ2) is 11.9. The van der Waals surface area contributed by atoms with Crippen molar-refractivity contribution in [2.45, 2.75) is 17.1 Å². The van der Waals surface area contributed by atoms with Crippen LogP contribution in [-0.2, 0) is 14.8 Å². The number of piperazine rings is 1. The quantitative estimate of drug-likeness (QED) is 0.459. The van der Waals surface area contributed by atoms with Gasteiger partial charge in [-0.25, -0.2) is 17.2 Å². The second-order valence-electron chi connectivity index (χ2n) is 8.78. The van der Waals surface area contributed by atoms with Gasteiger partial charge in [0.2, 0.25) is 10.0 Å². The zero-order chi connectivity index (χ0) is 26.4. The molecule has 0 bridgehead atoms. The van der Waals surface area contributed by atoms with Crippen molar-refractivity contribution in [3.05, 3.63) is 101 Å². The summed E-state index contributed by atoms with van der Waals surface area (Å²) in [6, 6.07) is 19.6. The number of hydrogen-bond donors (Lipinski definition) is 1. The molecule has 1 fully saturated rings. The van der Waals surface area contributed by atoms with Crippen LogP contribution in [0.5, 0.6) is 0 Å². The highest BCUT2D eigenvalue weighted by atomic mass is 32.2. The summed E-state index contributed by atoms with van der Waals surface area (Å²) in [6.45, 7) is 1.50. The lowest BCUT2D eigenvalue weighted by Crippen LogP contribution is -2.50. The van der Waals surface area contributed by atoms with E-state index in [-0.39, 0.29) is 48.3 Å². The molecular formula is C27H27F2N3O4S. The molecule has 0 unspecified atom stereocenters. The SMILES string of the molecule is N#Cc1ccccc1S(=O)(=O)N1CCN(C[C@@H](O)COC(c2ccc(F)cc2)c2ccc(F)cc2)CC1. The van der Waals surface area contributed by atoms with Crippen LogP contribution in [0.25, 0.3) is 0 Å². The molecule has 0 aromatic heterocycles. The molecule has 0 radical (unpaired) electrons. The van der Waals surface area contributed by atoms with Gasteiger partial charge in [-0.1, -0.05) is 36.4 Å². The highest BCUT2D eigenvalue weighted by Gasteiger charge is 2.31. The largest absolute Gasteiger partial charge is 0.389 e. The van der Waals surface area contributed by atoms with Gasteiger partial charge in [0.25, 0.3) is 0 Å². The van der Waals surface area contributed by atoms with Gasteiger partial charge in [0, 0.05) is 32.7 Å². The lowest BCUT2D eigenvalue weighted by Gasteiger charge is -2.35. The van der Waals surface area contributed by atoms with Crippen LogP contribution in [0, 0.1) is 23.0 Å². The van der Waals surface area contributed by atoms with Crippen molar-refractivity contribution >= 4 is 10.0 Å². The molecule has 194 valence electrons. The molecule has 1 N–H and O–H groups in total. The number of benzene rings is 3. The average molecular weight is 528 g/mol. The van der Waals surface area contributed by atoms with E-state index in [0.717, 1.165) is 0 Å². The minimum atomic E-state index is -3.80. The van der Waals surface area contributed by atoms with Crippen molar-refractivity contribution in [1.82, 2.24) is 9.21 Å². The monoisotopic (exact) mass is 527 g/mol. The van der Waals surface area contributed by atoms with Crippen LogP contribution in [-0.4, -0.2) is 68.2 Å². The molecule has 1 aliphatic rings. The first-order chi connectivity index (χ1) is 17.8. The molecule has 1 aliphatic heterocycles. The molecule has 10 heteroatoms. The number of aliphatic hydroxyl groups is 1. The highest BCUT2D eigenvalue weighted by Crippen LogP contribution is 2.27. The van der Waals surface area contributed by atoms with Gasteiger partial charge >= 0.3 is 0 Å². The van der Waals surface area contributed by atoms with Crippen LogP contribution in [0.4, 0.5) is 8.78 Å². The third-order valence-electron chi connectivity index (χ3n) is 6.23. The first kappa shape index (κ1) is 26.9. The summed E-state index contributed by atoms with van der Waals surface area (Å²) in [5.41, 5.74) is 1.43. The summed E-state index contributed by atoms with van der Waals surface area (Å²) in [4.78, 5) is 1.94. The van der Waals surface area contributed by atoms with Gasteiger partial charge in [-0.15, -0.1) is 0 Å². The number of ether oxygens (including phenoxy) is 1. The van der Waals surface area contributed by atoms with Gasteiger partial charge < -0.3 is 9.84 Å². The minimum absolute atomic E-state index is 0.00740. The molecule has 37 heavy (non-hydrogen) atoms. The summed E-state index contributed by atoms with van der Waals surface area (Å²) in [5.74, 6) is -0.780. The molecule has 0 amide bonds. The van der Waals surface area contributed by atoms with E-state index in [4.69, 9.17) is 4.74 Å². The van der Waals surface area contributed by atoms with E-state index < -0.39 is 22.2 Å². The first-order valence-corrected chi connectivity index (χ1v) is 13.2. The molecule has 0 spiro atoms. The van der Waals surface area contributed by atoms with Crippen LogP contribution < -0.4 is 0 Å². The molecular weight excluding hydrogens is 500 g/mol. The van der Waals surface area contributed by atoms with Crippen LogP contribution in [0.1, 0.15) is 22.8 Å². The summed E-state index contributed by atoms with van der Waals surface area (Å²) in [5, 5.41) is 19.9. The Morgan fingerprint density at radius 3 is 1.97 bits per heavy atom. The van der Waals surface area contributed by atoms with Crippen molar-refractivity contribution in [3.63, 3.8) is 0 Å². The van der Waals surface area contributed by atoms with Crippen molar-refractivity contribution in [1.29, 1.82) is 5.26 Å². The topological polar surface area (TPSA) is 93.9 Å². The third-order valence-corrected chi connectivity index (χ3v) is 8.18. The third kappa shape index (κ3) is 6.57. The number of nitriles is 1. The van der Waals surface area contributed by atoms with Gasteiger partial charge in [0.05, 0.1) is 23.2 Å². The molecule has 0 saturated carbocycles. The Bertz CT molecular complexity index is 1290. The zero-order valence-electron chi connectivity index (χ0n) is 20.0. The van der Waals surface area contributed by atoms with Gasteiger partial charge in [0.1, 0.15) is 23.8 Å². The molecule has 7 nitrogen and oxygen atoms in total. The maximum Gasteiger partial charge on any atom is 0.244 e. The number of nitrogens with zero attached hydrogens (tertiary/aromatic N) is 3. The van der Waals surface area contributed by atoms with E-state index in [1.54, 1.807) is 36.4 Å². The Morgan fingerprint density at radius 1 is 0.892 bits per heavy atom. The van der Waals surface area contributed by atoms with Crippen molar-refractivity contribution in [2.75, 3.05) is 39.3 Å². The van der Waals surface area contributed by atoms with E-state index in [9.17, 15) is 27.6 Å². The number of rotatable bonds is 9. The number of halogens is 2. The van der Waals surface area contributed by atoms with Gasteiger partial charge in [-0.2, -0.15) is 9.57 Å². The fourth-order valence-electron chi connectivity index (χ4n) is 4.29. The number of aliphatic hydroxyl groups excluding tert-OH is 1. The summed E-state index contributed by atoms with van der Waals surface area (Å²) < 4.78 is 60.2. The highest BCUT2D eigenvalue weighted by molar-refractivity contribution is 7.89. The maximum absolute atomic E-state index is 13.4. The second-order valence-corrected chi connectivity index (χ2v) is 10.7. The van der Waals surface area contributed by atoms with Gasteiger partial charge in [0.15, 0.2) is 0 Å². The minimum Gasteiger partial charge on any atom is -0.389 e. The zero-order valence-corrected chi connectivity index (χ0v) is 20.8. The van der Waals surface area contributed by atoms with E-state index in [0.29, 0.717) is 24.2 Å². The van der Waals surface area contributed by atoms with E-state index in [1.165, 1.54) is 40.7 Å². The fourth-order valence-corrected chi connectivity index (χ4v) is 5.86. The number of β-amino-alcohol motifs (C(OH)–C–C–N with tert-alkyl or cyclic N) is 1. The van der Waals surface area contributed by atoms with Gasteiger partial charge in [-0.3, -0.25) is 4.90 Å². The lowest BCUT2D eigenvalue weighted by molar-refractivity contribution is -0.0117. The van der Waals surface area contributed by atoms with Crippen molar-refractivity contribution < 1.29 is 27.0 Å². The Kier molecular flexibility index (Phi) is 8.63. The average Bonchev–Trinajstić information content (AvgIpc) is 2.91. The number of hydrogen-bond acceptors (Lipinski definition) is 6. The van der Waals surface area contributed by atoms with Crippen LogP contribution in [0.3, 0.4) is 0 Å². The summed E-state index contributed by atoms with van der Waals surface area (Å²) in [7, 11) is -3.80. The van der Waals surface area contributed by atoms with Crippen LogP contribution in [0.15, 0.2) is 77.7 Å². The summed E-state index contributed by atoms with van der Waals surface area (Å²) >= 11 is 0. The standard InChI is InChI=1S/C27H27F2N3O4S/c28-23-9-5-20(6-10-23)27(21-7-11-24(29)12-8-21)36-19-25(33)18-31-13-15-32(16-14-31)37(34,35)26-4-2-1-3-22(26)17-30/h1-12,25,27,33H,13-16,18-19H2/t25-/m1/s1. The van der Waals surface area contributed by atoms with Crippen LogP contribution >= 0.6 is 0 Å². The summed E-state index contributed by atoms with van der Waals surface area (Å²) in [6.07, 6.45) is -1.50. The van der Waals surface area contributed by atoms with E-state index in [2.05, 4.69) is 0 Å². The Hall–Kier alpha value is -3.20. The predicted molar refractivity (Wildman–Crippen MR) is 133 cm³/mol. The Labute approximate surface area is 215 Å². The van der Waals surface area contributed by atoms with Crippen molar-refractivity contribution in [2.24, 2.45) is 0 Å². The molecule has 4 rings (SSSR count). The molecule has 1 saturated heterocycles. The lowest BCUT2D eigenvalue weighted by atomic mass is 10.0. The maximum atomic E-state index is 13.4. The van der Waals surface area contributed by atoms with E-state index in [1.807, 2.05) is 11.0 Å². The molecule has 0 aliphatic carbocycles. The molecule has 1 heterocycles. The Balaban J connectivity index is 1.35. The van der Waals surface area contributed by atoms with Crippen LogP contribution in [0.2, 0.25) is 0 Å². The normalized spacial score (nSPS) is 16.0. The number of sulfonamides is 1. The first-order valence-electron chi connectivity index (χ1n) is 11.8. The smallest absolute Gasteiger partial charge is 0.244 e. The Morgan fingerprint density at radius 2 is 1.43 bits per heavy atom. The fraction of sp³-hybridized carbons (Fsp3) is 0.296. The van der Waals surface area contributed by atoms with Gasteiger partial charge in [-0.05, 0) is 47.5 Å². The van der Waals surface area contributed by atoms with E-state index >= 15 is 0 Å². The molecule has 3 aromatic carbocycles.